The van der Waals surface area contributed by atoms with Crippen LogP contribution in [0.3, 0.4) is 0 Å². The van der Waals surface area contributed by atoms with Gasteiger partial charge in [0, 0.05) is 16.5 Å². The van der Waals surface area contributed by atoms with Gasteiger partial charge >= 0.3 is 0 Å². The molecule has 3 nitrogen and oxygen atoms in total. The van der Waals surface area contributed by atoms with Gasteiger partial charge in [-0.25, -0.2) is 4.98 Å². The molecule has 0 aliphatic carbocycles. The second-order valence-electron chi connectivity index (χ2n) is 5.68. The van der Waals surface area contributed by atoms with Gasteiger partial charge in [-0.3, -0.25) is 4.79 Å². The van der Waals surface area contributed by atoms with E-state index in [1.54, 1.807) is 11.3 Å². The molecule has 0 fully saturated rings. The number of carbonyl (C=O) groups is 1. The first-order valence-electron chi connectivity index (χ1n) is 8.12. The Labute approximate surface area is 154 Å². The fraction of sp³-hybridized carbons (Fsp3) is 0.263. The van der Waals surface area contributed by atoms with Gasteiger partial charge < -0.3 is 5.32 Å². The number of unbranched alkanes of at least 4 members (excludes halogenated alkanes) is 2. The summed E-state index contributed by atoms with van der Waals surface area (Å²) in [6, 6.07) is 14.0. The van der Waals surface area contributed by atoms with Crippen LogP contribution in [0.25, 0.3) is 20.8 Å². The van der Waals surface area contributed by atoms with Crippen LogP contribution < -0.4 is 5.32 Å². The molecule has 0 atom stereocenters. The van der Waals surface area contributed by atoms with E-state index in [1.165, 1.54) is 0 Å². The summed E-state index contributed by atoms with van der Waals surface area (Å²) in [7, 11) is 0. The number of halogens is 1. The molecule has 0 saturated carbocycles. The number of benzene rings is 2. The van der Waals surface area contributed by atoms with Crippen molar-refractivity contribution in [3.63, 3.8) is 0 Å². The van der Waals surface area contributed by atoms with E-state index in [-0.39, 0.29) is 5.91 Å². The Kier molecular flexibility index (Phi) is 5.63. The Balaban J connectivity index is 1.89. The standard InChI is InChI=1S/C19H19BrN2OS/c1-2-3-4-9-18(23)21-15-11-10-13(20)12-14(15)19-22-16-7-5-6-8-17(16)24-19/h5-8,10-12H,2-4,9H2,1H3,(H,21,23). The maximum absolute atomic E-state index is 12.2. The van der Waals surface area contributed by atoms with Crippen LogP contribution >= 0.6 is 27.3 Å². The van der Waals surface area contributed by atoms with Gasteiger partial charge in [0.2, 0.25) is 5.91 Å². The lowest BCUT2D eigenvalue weighted by Crippen LogP contribution is -2.11. The van der Waals surface area contributed by atoms with E-state index < -0.39 is 0 Å². The summed E-state index contributed by atoms with van der Waals surface area (Å²) in [5.41, 5.74) is 2.76. The average molecular weight is 403 g/mol. The number of fused-ring (bicyclic) bond motifs is 1. The lowest BCUT2D eigenvalue weighted by molar-refractivity contribution is -0.116. The molecule has 0 radical (unpaired) electrons. The third-order valence-electron chi connectivity index (χ3n) is 3.79. The van der Waals surface area contributed by atoms with Crippen LogP contribution in [0.1, 0.15) is 32.6 Å². The number of anilines is 1. The van der Waals surface area contributed by atoms with Gasteiger partial charge in [0.1, 0.15) is 5.01 Å². The molecule has 0 aliphatic heterocycles. The van der Waals surface area contributed by atoms with Crippen LogP contribution in [0, 0.1) is 0 Å². The van der Waals surface area contributed by atoms with E-state index in [2.05, 4.69) is 34.2 Å². The first-order chi connectivity index (χ1) is 11.7. The normalized spacial score (nSPS) is 10.9. The van der Waals surface area contributed by atoms with E-state index >= 15 is 0 Å². The number of nitrogens with zero attached hydrogens (tertiary/aromatic N) is 1. The van der Waals surface area contributed by atoms with Gasteiger partial charge in [0.15, 0.2) is 0 Å². The summed E-state index contributed by atoms with van der Waals surface area (Å²) in [6.45, 7) is 2.14. The van der Waals surface area contributed by atoms with Gasteiger partial charge in [-0.1, -0.05) is 47.8 Å². The van der Waals surface area contributed by atoms with Crippen LogP contribution in [0.5, 0.6) is 0 Å². The third-order valence-corrected chi connectivity index (χ3v) is 5.35. The Morgan fingerprint density at radius 1 is 1.21 bits per heavy atom. The van der Waals surface area contributed by atoms with Crippen LogP contribution in [0.4, 0.5) is 5.69 Å². The second-order valence-corrected chi connectivity index (χ2v) is 7.63. The van der Waals surface area contributed by atoms with E-state index in [0.29, 0.717) is 6.42 Å². The van der Waals surface area contributed by atoms with Crippen molar-refractivity contribution in [2.24, 2.45) is 0 Å². The van der Waals surface area contributed by atoms with Crippen molar-refractivity contribution in [2.45, 2.75) is 32.6 Å². The number of para-hydroxylation sites is 1. The van der Waals surface area contributed by atoms with E-state index in [0.717, 1.165) is 50.2 Å². The van der Waals surface area contributed by atoms with Gasteiger partial charge in [-0.15, -0.1) is 11.3 Å². The number of rotatable bonds is 6. The number of hydrogen-bond acceptors (Lipinski definition) is 3. The number of aromatic nitrogens is 1. The minimum atomic E-state index is 0.0631. The predicted molar refractivity (Wildman–Crippen MR) is 106 cm³/mol. The number of hydrogen-bond donors (Lipinski definition) is 1. The Morgan fingerprint density at radius 2 is 2.04 bits per heavy atom. The Morgan fingerprint density at radius 3 is 2.83 bits per heavy atom. The zero-order chi connectivity index (χ0) is 16.9. The van der Waals surface area contributed by atoms with Crippen LogP contribution in [-0.2, 0) is 4.79 Å². The van der Waals surface area contributed by atoms with Crippen molar-refractivity contribution in [2.75, 3.05) is 5.32 Å². The van der Waals surface area contributed by atoms with E-state index in [9.17, 15) is 4.79 Å². The second kappa shape index (κ2) is 7.90. The topological polar surface area (TPSA) is 42.0 Å². The summed E-state index contributed by atoms with van der Waals surface area (Å²) in [4.78, 5) is 16.9. The number of thiazole rings is 1. The Bertz CT molecular complexity index is 826. The van der Waals surface area contributed by atoms with Gasteiger partial charge in [-0.2, -0.15) is 0 Å². The van der Waals surface area contributed by atoms with Crippen LogP contribution in [-0.4, -0.2) is 10.9 Å². The van der Waals surface area contributed by atoms with E-state index in [4.69, 9.17) is 4.98 Å². The lowest BCUT2D eigenvalue weighted by Gasteiger charge is -2.10. The third kappa shape index (κ3) is 4.02. The van der Waals surface area contributed by atoms with Crippen molar-refractivity contribution in [1.29, 1.82) is 0 Å². The number of amides is 1. The molecule has 0 saturated heterocycles. The van der Waals surface area contributed by atoms with Gasteiger partial charge in [-0.05, 0) is 36.8 Å². The minimum absolute atomic E-state index is 0.0631. The monoisotopic (exact) mass is 402 g/mol. The quantitative estimate of drug-likeness (QED) is 0.495. The Hall–Kier alpha value is -1.72. The average Bonchev–Trinajstić information content (AvgIpc) is 3.00. The summed E-state index contributed by atoms with van der Waals surface area (Å²) in [5.74, 6) is 0.0631. The van der Waals surface area contributed by atoms with Gasteiger partial charge in [0.25, 0.3) is 0 Å². The highest BCUT2D eigenvalue weighted by atomic mass is 79.9. The van der Waals surface area contributed by atoms with Crippen LogP contribution in [0.15, 0.2) is 46.9 Å². The maximum Gasteiger partial charge on any atom is 0.224 e. The molecular weight excluding hydrogens is 384 g/mol. The van der Waals surface area contributed by atoms with E-state index in [1.807, 2.05) is 36.4 Å². The molecule has 0 unspecified atom stereocenters. The minimum Gasteiger partial charge on any atom is -0.325 e. The fourth-order valence-corrected chi connectivity index (χ4v) is 3.90. The molecular formula is C19H19BrN2OS. The summed E-state index contributed by atoms with van der Waals surface area (Å²) in [6.07, 6.45) is 3.68. The largest absolute Gasteiger partial charge is 0.325 e. The first-order valence-corrected chi connectivity index (χ1v) is 9.73. The molecule has 124 valence electrons. The molecule has 1 aromatic heterocycles. The highest BCUT2D eigenvalue weighted by Gasteiger charge is 2.13. The van der Waals surface area contributed by atoms with Crippen molar-refractivity contribution in [3.05, 3.63) is 46.9 Å². The maximum atomic E-state index is 12.2. The first kappa shape index (κ1) is 17.1. The van der Waals surface area contributed by atoms with Crippen LogP contribution in [0.2, 0.25) is 0 Å². The highest BCUT2D eigenvalue weighted by molar-refractivity contribution is 9.10. The molecule has 1 heterocycles. The van der Waals surface area contributed by atoms with Crippen molar-refractivity contribution in [1.82, 2.24) is 4.98 Å². The molecule has 0 spiro atoms. The zero-order valence-electron chi connectivity index (χ0n) is 13.5. The zero-order valence-corrected chi connectivity index (χ0v) is 15.9. The SMILES string of the molecule is CCCCCC(=O)Nc1ccc(Br)cc1-c1nc2ccccc2s1. The molecule has 2 aromatic carbocycles. The smallest absolute Gasteiger partial charge is 0.224 e. The molecule has 5 heteroatoms. The predicted octanol–water partition coefficient (Wildman–Crippen LogP) is 6.24. The summed E-state index contributed by atoms with van der Waals surface area (Å²) < 4.78 is 2.12. The molecule has 0 aliphatic rings. The van der Waals surface area contributed by atoms with Crippen molar-refractivity contribution >= 4 is 49.1 Å². The molecule has 3 rings (SSSR count). The highest BCUT2D eigenvalue weighted by Crippen LogP contribution is 2.36. The molecule has 1 amide bonds. The lowest BCUT2D eigenvalue weighted by atomic mass is 10.1. The fourth-order valence-electron chi connectivity index (χ4n) is 2.54. The van der Waals surface area contributed by atoms with Crippen molar-refractivity contribution in [3.8, 4) is 10.6 Å². The molecule has 24 heavy (non-hydrogen) atoms. The van der Waals surface area contributed by atoms with Crippen molar-refractivity contribution < 1.29 is 4.79 Å². The summed E-state index contributed by atoms with van der Waals surface area (Å²) >= 11 is 5.16. The molecule has 0 bridgehead atoms. The summed E-state index contributed by atoms with van der Waals surface area (Å²) in [5, 5.41) is 3.96. The molecule has 1 N–H and O–H groups in total. The van der Waals surface area contributed by atoms with Gasteiger partial charge in [0.05, 0.1) is 15.9 Å². The number of carbonyl (C=O) groups excluding carboxylic acids is 1. The number of nitrogens with one attached hydrogen (secondary N) is 1. The molecule has 3 aromatic rings.